The van der Waals surface area contributed by atoms with E-state index in [1.54, 1.807) is 19.9 Å². The van der Waals surface area contributed by atoms with Gasteiger partial charge < -0.3 is 15.4 Å². The molecule has 140 valence electrons. The van der Waals surface area contributed by atoms with E-state index in [-0.39, 0.29) is 25.0 Å². The van der Waals surface area contributed by atoms with Gasteiger partial charge in [-0.2, -0.15) is 13.2 Å². The number of alkyl halides is 3. The van der Waals surface area contributed by atoms with E-state index >= 15 is 0 Å². The van der Waals surface area contributed by atoms with Gasteiger partial charge in [0, 0.05) is 13.1 Å². The molecule has 1 rings (SSSR count). The SMILES string of the molecule is CCNC(=NCc1cccc(C(F)(F)F)c1)NCCC(=O)OC(C)C. The van der Waals surface area contributed by atoms with Crippen molar-refractivity contribution in [3.05, 3.63) is 35.4 Å². The first kappa shape index (κ1) is 20.8. The van der Waals surface area contributed by atoms with Gasteiger partial charge in [-0.25, -0.2) is 4.99 Å². The van der Waals surface area contributed by atoms with Gasteiger partial charge in [-0.15, -0.1) is 0 Å². The number of nitrogens with one attached hydrogen (secondary N) is 2. The number of benzene rings is 1. The molecule has 0 aromatic heterocycles. The summed E-state index contributed by atoms with van der Waals surface area (Å²) >= 11 is 0. The minimum Gasteiger partial charge on any atom is -0.463 e. The van der Waals surface area contributed by atoms with Gasteiger partial charge >= 0.3 is 12.1 Å². The largest absolute Gasteiger partial charge is 0.463 e. The van der Waals surface area contributed by atoms with E-state index in [1.807, 2.05) is 6.92 Å². The van der Waals surface area contributed by atoms with Gasteiger partial charge in [-0.05, 0) is 38.5 Å². The molecular formula is C17H24F3N3O2. The van der Waals surface area contributed by atoms with Gasteiger partial charge in [-0.3, -0.25) is 4.79 Å². The molecule has 5 nitrogen and oxygen atoms in total. The summed E-state index contributed by atoms with van der Waals surface area (Å²) in [5.41, 5.74) is -0.249. The molecule has 0 radical (unpaired) electrons. The molecule has 0 heterocycles. The van der Waals surface area contributed by atoms with Crippen molar-refractivity contribution < 1.29 is 22.7 Å². The molecule has 0 fully saturated rings. The van der Waals surface area contributed by atoms with Crippen LogP contribution in [0.25, 0.3) is 0 Å². The highest BCUT2D eigenvalue weighted by molar-refractivity contribution is 5.80. The Morgan fingerprint density at radius 3 is 2.60 bits per heavy atom. The van der Waals surface area contributed by atoms with Gasteiger partial charge in [0.15, 0.2) is 5.96 Å². The van der Waals surface area contributed by atoms with Crippen LogP contribution in [0.1, 0.15) is 38.3 Å². The number of hydrogen-bond acceptors (Lipinski definition) is 3. The van der Waals surface area contributed by atoms with Gasteiger partial charge in [-0.1, -0.05) is 12.1 Å². The van der Waals surface area contributed by atoms with Crippen molar-refractivity contribution in [2.45, 2.75) is 46.0 Å². The second-order valence-electron chi connectivity index (χ2n) is 5.61. The van der Waals surface area contributed by atoms with E-state index in [9.17, 15) is 18.0 Å². The van der Waals surface area contributed by atoms with Crippen molar-refractivity contribution in [3.63, 3.8) is 0 Å². The number of carbonyl (C=O) groups is 1. The van der Waals surface area contributed by atoms with Crippen LogP contribution in [0, 0.1) is 0 Å². The summed E-state index contributed by atoms with van der Waals surface area (Å²) in [7, 11) is 0. The Kier molecular flexibility index (Phi) is 8.24. The fourth-order valence-corrected chi connectivity index (χ4v) is 1.96. The van der Waals surface area contributed by atoms with Crippen LogP contribution in [0.2, 0.25) is 0 Å². The lowest BCUT2D eigenvalue weighted by Gasteiger charge is -2.12. The predicted octanol–water partition coefficient (Wildman–Crippen LogP) is 3.10. The highest BCUT2D eigenvalue weighted by Gasteiger charge is 2.30. The third-order valence-electron chi connectivity index (χ3n) is 3.01. The first-order valence-corrected chi connectivity index (χ1v) is 8.10. The monoisotopic (exact) mass is 359 g/mol. The fraction of sp³-hybridized carbons (Fsp3) is 0.529. The van der Waals surface area contributed by atoms with Crippen molar-refractivity contribution in [1.82, 2.24) is 10.6 Å². The second kappa shape index (κ2) is 9.90. The van der Waals surface area contributed by atoms with E-state index in [1.165, 1.54) is 6.07 Å². The van der Waals surface area contributed by atoms with Crippen molar-refractivity contribution in [3.8, 4) is 0 Å². The maximum atomic E-state index is 12.7. The van der Waals surface area contributed by atoms with E-state index in [0.29, 0.717) is 24.6 Å². The molecule has 0 unspecified atom stereocenters. The standard InChI is InChI=1S/C17H24F3N3O2/c1-4-21-16(22-9-8-15(24)25-12(2)3)23-11-13-6-5-7-14(10-13)17(18,19)20/h5-7,10,12H,4,8-9,11H2,1-3H3,(H2,21,22,23). The molecule has 25 heavy (non-hydrogen) atoms. The summed E-state index contributed by atoms with van der Waals surface area (Å²) in [5.74, 6) is 0.105. The number of nitrogens with zero attached hydrogens (tertiary/aromatic N) is 1. The average molecular weight is 359 g/mol. The molecule has 2 N–H and O–H groups in total. The summed E-state index contributed by atoms with van der Waals surface area (Å²) in [5, 5.41) is 5.93. The Balaban J connectivity index is 2.62. The second-order valence-corrected chi connectivity index (χ2v) is 5.61. The van der Waals surface area contributed by atoms with Gasteiger partial charge in [0.25, 0.3) is 0 Å². The lowest BCUT2D eigenvalue weighted by molar-refractivity contribution is -0.147. The van der Waals surface area contributed by atoms with Crippen LogP contribution in [0.5, 0.6) is 0 Å². The fourth-order valence-electron chi connectivity index (χ4n) is 1.96. The summed E-state index contributed by atoms with van der Waals surface area (Å²) < 4.78 is 43.2. The molecule has 8 heteroatoms. The summed E-state index contributed by atoms with van der Waals surface area (Å²) in [6.07, 6.45) is -4.37. The van der Waals surface area contributed by atoms with Crippen LogP contribution < -0.4 is 10.6 Å². The normalized spacial score (nSPS) is 12.2. The Labute approximate surface area is 145 Å². The van der Waals surface area contributed by atoms with Crippen LogP contribution in [-0.2, 0) is 22.3 Å². The van der Waals surface area contributed by atoms with Crippen molar-refractivity contribution in [1.29, 1.82) is 0 Å². The van der Waals surface area contributed by atoms with Crippen LogP contribution in [0.4, 0.5) is 13.2 Å². The molecule has 0 spiro atoms. The van der Waals surface area contributed by atoms with Crippen molar-refractivity contribution >= 4 is 11.9 Å². The molecular weight excluding hydrogens is 335 g/mol. The zero-order chi connectivity index (χ0) is 18.9. The highest BCUT2D eigenvalue weighted by Crippen LogP contribution is 2.29. The summed E-state index contributed by atoms with van der Waals surface area (Å²) in [4.78, 5) is 15.7. The molecule has 0 aliphatic carbocycles. The molecule has 0 saturated heterocycles. The number of carbonyl (C=O) groups excluding carboxylic acids is 1. The molecule has 1 aromatic carbocycles. The zero-order valence-corrected chi connectivity index (χ0v) is 14.6. The smallest absolute Gasteiger partial charge is 0.416 e. The van der Waals surface area contributed by atoms with Gasteiger partial charge in [0.2, 0.25) is 0 Å². The number of rotatable bonds is 7. The molecule has 1 aromatic rings. The van der Waals surface area contributed by atoms with Gasteiger partial charge in [0.05, 0.1) is 24.6 Å². The Hall–Kier alpha value is -2.25. The minimum atomic E-state index is -4.38. The van der Waals surface area contributed by atoms with E-state index in [4.69, 9.17) is 4.74 Å². The van der Waals surface area contributed by atoms with Crippen molar-refractivity contribution in [2.75, 3.05) is 13.1 Å². The third-order valence-corrected chi connectivity index (χ3v) is 3.01. The number of guanidine groups is 1. The van der Waals surface area contributed by atoms with Crippen molar-refractivity contribution in [2.24, 2.45) is 4.99 Å². The third kappa shape index (κ3) is 8.42. The topological polar surface area (TPSA) is 62.7 Å². The summed E-state index contributed by atoms with van der Waals surface area (Å²) in [6, 6.07) is 5.04. The number of aliphatic imine (C=N–C) groups is 1. The molecule has 0 aliphatic heterocycles. The number of halogens is 3. The number of ether oxygens (including phenoxy) is 1. The summed E-state index contributed by atoms with van der Waals surface area (Å²) in [6.45, 7) is 6.41. The van der Waals surface area contributed by atoms with Crippen LogP contribution in [0.15, 0.2) is 29.3 Å². The minimum absolute atomic E-state index is 0.0930. The Morgan fingerprint density at radius 1 is 1.28 bits per heavy atom. The lowest BCUT2D eigenvalue weighted by Crippen LogP contribution is -2.38. The van der Waals surface area contributed by atoms with Crippen LogP contribution in [-0.4, -0.2) is 31.1 Å². The Bertz CT molecular complexity index is 587. The van der Waals surface area contributed by atoms with Gasteiger partial charge in [0.1, 0.15) is 0 Å². The highest BCUT2D eigenvalue weighted by atomic mass is 19.4. The maximum absolute atomic E-state index is 12.7. The van der Waals surface area contributed by atoms with Crippen LogP contribution in [0.3, 0.4) is 0 Å². The number of hydrogen-bond donors (Lipinski definition) is 2. The molecule has 0 bridgehead atoms. The predicted molar refractivity (Wildman–Crippen MR) is 90.1 cm³/mol. The first-order chi connectivity index (χ1) is 11.7. The quantitative estimate of drug-likeness (QED) is 0.446. The molecule has 0 aliphatic rings. The zero-order valence-electron chi connectivity index (χ0n) is 14.6. The maximum Gasteiger partial charge on any atom is 0.416 e. The Morgan fingerprint density at radius 2 is 2.00 bits per heavy atom. The molecule has 0 atom stereocenters. The average Bonchev–Trinajstić information content (AvgIpc) is 2.51. The first-order valence-electron chi connectivity index (χ1n) is 8.10. The molecule has 0 saturated carbocycles. The number of esters is 1. The van der Waals surface area contributed by atoms with E-state index < -0.39 is 11.7 Å². The lowest BCUT2D eigenvalue weighted by atomic mass is 10.1. The van der Waals surface area contributed by atoms with Crippen LogP contribution >= 0.6 is 0 Å². The molecule has 0 amide bonds. The van der Waals surface area contributed by atoms with E-state index in [2.05, 4.69) is 15.6 Å². The van der Waals surface area contributed by atoms with E-state index in [0.717, 1.165) is 12.1 Å².